The van der Waals surface area contributed by atoms with Crippen LogP contribution in [0.1, 0.15) is 0 Å². The highest BCUT2D eigenvalue weighted by atomic mass is 32.2. The maximum atomic E-state index is 13.6. The summed E-state index contributed by atoms with van der Waals surface area (Å²) in [6.45, 7) is 0. The standard InChI is InChI=1S/C13H7F13OS/c1-27-6-2-4-7(5-3-6)28-13(25,26)11(20,21)9(16,17)8(14,15)10(18,19)12(22,23)24/h2-5H,1H3. The van der Waals surface area contributed by atoms with Crippen molar-refractivity contribution in [3.63, 3.8) is 0 Å². The summed E-state index contributed by atoms with van der Waals surface area (Å²) in [5.74, 6) is -30.7. The third-order valence-corrected chi connectivity index (χ3v) is 4.23. The van der Waals surface area contributed by atoms with Gasteiger partial charge in [0.05, 0.1) is 7.11 Å². The van der Waals surface area contributed by atoms with Crippen molar-refractivity contribution < 1.29 is 61.8 Å². The molecule has 0 N–H and O–H groups in total. The molecule has 1 aromatic carbocycles. The average molecular weight is 458 g/mol. The lowest BCUT2D eigenvalue weighted by atomic mass is 9.98. The molecule has 1 aromatic rings. The molecule has 0 aromatic heterocycles. The number of rotatable bonds is 7. The summed E-state index contributed by atoms with van der Waals surface area (Å²) >= 11 is -1.45. The predicted octanol–water partition coefficient (Wildman–Crippen LogP) is 6.48. The van der Waals surface area contributed by atoms with Crippen molar-refractivity contribution in [2.24, 2.45) is 0 Å². The Morgan fingerprint density at radius 2 is 1.00 bits per heavy atom. The van der Waals surface area contributed by atoms with Gasteiger partial charge in [0.25, 0.3) is 0 Å². The van der Waals surface area contributed by atoms with Gasteiger partial charge in [0, 0.05) is 4.90 Å². The smallest absolute Gasteiger partial charge is 0.460 e. The Morgan fingerprint density at radius 1 is 0.607 bits per heavy atom. The molecule has 0 radical (unpaired) electrons. The van der Waals surface area contributed by atoms with Crippen LogP contribution in [-0.2, 0) is 0 Å². The summed E-state index contributed by atoms with van der Waals surface area (Å²) in [7, 11) is 1.11. The van der Waals surface area contributed by atoms with Gasteiger partial charge in [-0.25, -0.2) is 0 Å². The normalized spacial score (nSPS) is 14.9. The molecule has 0 aliphatic rings. The molecule has 0 heterocycles. The first kappa shape index (κ1) is 24.5. The Labute approximate surface area is 151 Å². The molecule has 28 heavy (non-hydrogen) atoms. The van der Waals surface area contributed by atoms with E-state index in [0.717, 1.165) is 19.2 Å². The van der Waals surface area contributed by atoms with E-state index in [0.29, 0.717) is 12.1 Å². The third kappa shape index (κ3) is 3.68. The molecule has 0 saturated carbocycles. The van der Waals surface area contributed by atoms with Crippen LogP contribution in [0.2, 0.25) is 0 Å². The summed E-state index contributed by atoms with van der Waals surface area (Å²) in [5, 5.41) is -6.21. The summed E-state index contributed by atoms with van der Waals surface area (Å²) in [6, 6.07) is 2.96. The molecule has 0 aliphatic carbocycles. The molecule has 162 valence electrons. The Hall–Kier alpha value is -1.54. The topological polar surface area (TPSA) is 9.23 Å². The highest BCUT2D eigenvalue weighted by Gasteiger charge is 2.90. The number of hydrogen-bond acceptors (Lipinski definition) is 2. The molecule has 15 heteroatoms. The molecular weight excluding hydrogens is 451 g/mol. The highest BCUT2D eigenvalue weighted by molar-refractivity contribution is 8.00. The van der Waals surface area contributed by atoms with E-state index in [1.54, 1.807) is 0 Å². The minimum atomic E-state index is -7.90. The lowest BCUT2D eigenvalue weighted by Gasteiger charge is -2.39. The maximum absolute atomic E-state index is 13.6. The van der Waals surface area contributed by atoms with Gasteiger partial charge in [0.15, 0.2) is 0 Å². The zero-order valence-electron chi connectivity index (χ0n) is 13.0. The van der Waals surface area contributed by atoms with Crippen molar-refractivity contribution in [2.45, 2.75) is 40.0 Å². The molecule has 1 nitrogen and oxygen atoms in total. The van der Waals surface area contributed by atoms with Crippen molar-refractivity contribution in [2.75, 3.05) is 7.11 Å². The Balaban J connectivity index is 3.35. The van der Waals surface area contributed by atoms with Crippen LogP contribution >= 0.6 is 11.8 Å². The van der Waals surface area contributed by atoms with Gasteiger partial charge >= 0.3 is 35.1 Å². The minimum Gasteiger partial charge on any atom is -0.497 e. The van der Waals surface area contributed by atoms with Gasteiger partial charge in [-0.15, -0.1) is 0 Å². The Morgan fingerprint density at radius 3 is 1.36 bits per heavy atom. The minimum absolute atomic E-state index is 0.0129. The lowest BCUT2D eigenvalue weighted by Crippen LogP contribution is -2.69. The Bertz CT molecular complexity index is 681. The molecule has 1 rings (SSSR count). The van der Waals surface area contributed by atoms with Gasteiger partial charge in [-0.3, -0.25) is 0 Å². The number of alkyl halides is 13. The quantitative estimate of drug-likeness (QED) is 0.342. The summed E-state index contributed by atoms with van der Waals surface area (Å²) in [6.07, 6.45) is -7.42. The van der Waals surface area contributed by atoms with E-state index in [9.17, 15) is 57.1 Å². The number of methoxy groups -OCH3 is 1. The first-order valence-electron chi connectivity index (χ1n) is 6.55. The van der Waals surface area contributed by atoms with Gasteiger partial charge in [-0.1, -0.05) is 0 Å². The van der Waals surface area contributed by atoms with Crippen LogP contribution in [0.15, 0.2) is 29.2 Å². The fraction of sp³-hybridized carbons (Fsp3) is 0.538. The van der Waals surface area contributed by atoms with E-state index in [2.05, 4.69) is 4.74 Å². The molecule has 0 bridgehead atoms. The van der Waals surface area contributed by atoms with E-state index in [4.69, 9.17) is 0 Å². The zero-order chi connectivity index (χ0) is 22.4. The van der Waals surface area contributed by atoms with Crippen molar-refractivity contribution in [3.8, 4) is 5.75 Å². The zero-order valence-corrected chi connectivity index (χ0v) is 13.9. The van der Waals surface area contributed by atoms with E-state index in [1.165, 1.54) is 0 Å². The molecule has 0 saturated heterocycles. The number of hydrogen-bond donors (Lipinski definition) is 0. The van der Waals surface area contributed by atoms with Crippen LogP contribution in [0.5, 0.6) is 5.75 Å². The number of ether oxygens (including phenoxy) is 1. The number of benzene rings is 1. The van der Waals surface area contributed by atoms with Gasteiger partial charge in [0.2, 0.25) is 0 Å². The molecule has 0 aliphatic heterocycles. The van der Waals surface area contributed by atoms with Crippen LogP contribution in [-0.4, -0.2) is 42.2 Å². The summed E-state index contributed by atoms with van der Waals surface area (Å²) in [5.41, 5.74) is 0. The van der Waals surface area contributed by atoms with Crippen molar-refractivity contribution in [1.29, 1.82) is 0 Å². The van der Waals surface area contributed by atoms with Gasteiger partial charge in [-0.05, 0) is 36.0 Å². The molecule has 0 fully saturated rings. The van der Waals surface area contributed by atoms with Crippen LogP contribution in [0.25, 0.3) is 0 Å². The van der Waals surface area contributed by atoms with Gasteiger partial charge in [0.1, 0.15) is 5.75 Å². The first-order chi connectivity index (χ1) is 12.3. The molecule has 0 amide bonds. The largest absolute Gasteiger partial charge is 0.497 e. The molecule has 0 spiro atoms. The highest BCUT2D eigenvalue weighted by Crippen LogP contribution is 2.62. The first-order valence-corrected chi connectivity index (χ1v) is 7.37. The van der Waals surface area contributed by atoms with E-state index < -0.39 is 51.8 Å². The fourth-order valence-electron chi connectivity index (χ4n) is 1.61. The molecule has 0 atom stereocenters. The second-order valence-electron chi connectivity index (χ2n) is 5.09. The lowest BCUT2D eigenvalue weighted by molar-refractivity contribution is -0.433. The Kier molecular flexibility index (Phi) is 6.17. The van der Waals surface area contributed by atoms with Crippen LogP contribution in [0, 0.1) is 0 Å². The predicted molar refractivity (Wildman–Crippen MR) is 69.6 cm³/mol. The fourth-order valence-corrected chi connectivity index (χ4v) is 2.44. The summed E-state index contributed by atoms with van der Waals surface area (Å²) in [4.78, 5) is -0.924. The van der Waals surface area contributed by atoms with E-state index in [-0.39, 0.29) is 5.75 Å². The molecular formula is C13H7F13OS. The second kappa shape index (κ2) is 7.06. The van der Waals surface area contributed by atoms with Gasteiger partial charge in [-0.2, -0.15) is 57.1 Å². The van der Waals surface area contributed by atoms with Crippen LogP contribution in [0.3, 0.4) is 0 Å². The van der Waals surface area contributed by atoms with Gasteiger partial charge < -0.3 is 4.74 Å². The van der Waals surface area contributed by atoms with Crippen molar-refractivity contribution in [1.82, 2.24) is 0 Å². The number of thioether (sulfide) groups is 1. The van der Waals surface area contributed by atoms with Crippen molar-refractivity contribution >= 4 is 11.8 Å². The van der Waals surface area contributed by atoms with Crippen molar-refractivity contribution in [3.05, 3.63) is 24.3 Å². The summed E-state index contributed by atoms with van der Waals surface area (Å²) < 4.78 is 173. The van der Waals surface area contributed by atoms with E-state index >= 15 is 0 Å². The molecule has 0 unspecified atom stereocenters. The average Bonchev–Trinajstić information content (AvgIpc) is 2.53. The third-order valence-electron chi connectivity index (χ3n) is 3.21. The monoisotopic (exact) mass is 458 g/mol. The van der Waals surface area contributed by atoms with Crippen LogP contribution < -0.4 is 4.74 Å². The number of halogens is 13. The van der Waals surface area contributed by atoms with Crippen LogP contribution in [0.4, 0.5) is 57.1 Å². The maximum Gasteiger partial charge on any atom is 0.460 e. The SMILES string of the molecule is COc1ccc(SC(F)(F)C(F)(F)C(F)(F)C(F)(F)C(F)(F)C(F)(F)F)cc1. The second-order valence-corrected chi connectivity index (χ2v) is 6.28. The van der Waals surface area contributed by atoms with E-state index in [1.807, 2.05) is 0 Å².